The van der Waals surface area contributed by atoms with E-state index in [0.717, 1.165) is 10.2 Å². The zero-order chi connectivity index (χ0) is 15.1. The van der Waals surface area contributed by atoms with Crippen LogP contribution in [-0.2, 0) is 4.79 Å². The fourth-order valence-corrected chi connectivity index (χ4v) is 2.00. The van der Waals surface area contributed by atoms with E-state index in [9.17, 15) is 4.79 Å². The molecular weight excluding hydrogens is 336 g/mol. The molecule has 0 saturated heterocycles. The third kappa shape index (κ3) is 5.07. The van der Waals surface area contributed by atoms with Gasteiger partial charge >= 0.3 is 0 Å². The van der Waals surface area contributed by atoms with Gasteiger partial charge < -0.3 is 14.8 Å². The summed E-state index contributed by atoms with van der Waals surface area (Å²) < 4.78 is 11.4. The quantitative estimate of drug-likeness (QED) is 0.868. The zero-order valence-corrected chi connectivity index (χ0v) is 13.1. The van der Waals surface area contributed by atoms with E-state index in [1.54, 1.807) is 25.4 Å². The monoisotopic (exact) mass is 350 g/mol. The number of methoxy groups -OCH3 is 1. The van der Waals surface area contributed by atoms with E-state index < -0.39 is 0 Å². The summed E-state index contributed by atoms with van der Waals surface area (Å²) in [6.07, 6.45) is 1.81. The van der Waals surface area contributed by atoms with Gasteiger partial charge in [0.25, 0.3) is 0 Å². The molecule has 0 radical (unpaired) electrons. The smallest absolute Gasteiger partial charge is 0.227 e. The average Bonchev–Trinajstić information content (AvgIpc) is 2.48. The minimum Gasteiger partial charge on any atom is -0.493 e. The molecule has 0 bridgehead atoms. The van der Waals surface area contributed by atoms with Gasteiger partial charge in [-0.3, -0.25) is 4.79 Å². The van der Waals surface area contributed by atoms with Crippen molar-refractivity contribution in [3.05, 3.63) is 47.1 Å². The number of carbonyl (C=O) groups excluding carboxylic acids is 1. The zero-order valence-electron chi connectivity index (χ0n) is 11.5. The van der Waals surface area contributed by atoms with Crippen LogP contribution in [0.25, 0.3) is 0 Å². The van der Waals surface area contributed by atoms with Gasteiger partial charge in [0.15, 0.2) is 0 Å². The summed E-state index contributed by atoms with van der Waals surface area (Å²) >= 11 is 3.36. The van der Waals surface area contributed by atoms with Crippen molar-refractivity contribution in [2.75, 3.05) is 19.0 Å². The highest BCUT2D eigenvalue weighted by Crippen LogP contribution is 2.18. The Morgan fingerprint density at radius 3 is 2.86 bits per heavy atom. The first-order valence-corrected chi connectivity index (χ1v) is 7.15. The van der Waals surface area contributed by atoms with Crippen molar-refractivity contribution in [1.82, 2.24) is 4.98 Å². The molecule has 1 amide bonds. The number of nitrogens with one attached hydrogen (secondary N) is 1. The lowest BCUT2D eigenvalue weighted by molar-refractivity contribution is -0.116. The van der Waals surface area contributed by atoms with Crippen molar-refractivity contribution in [3.63, 3.8) is 0 Å². The molecule has 0 fully saturated rings. The van der Waals surface area contributed by atoms with E-state index in [-0.39, 0.29) is 12.3 Å². The summed E-state index contributed by atoms with van der Waals surface area (Å²) in [6, 6.07) is 10.9. The number of benzene rings is 1. The lowest BCUT2D eigenvalue weighted by Gasteiger charge is -2.07. The van der Waals surface area contributed by atoms with E-state index in [0.29, 0.717) is 18.2 Å². The number of halogens is 1. The summed E-state index contributed by atoms with van der Waals surface area (Å²) in [4.78, 5) is 15.8. The van der Waals surface area contributed by atoms with Gasteiger partial charge in [0, 0.05) is 10.5 Å². The summed E-state index contributed by atoms with van der Waals surface area (Å²) in [6.45, 7) is 0.311. The van der Waals surface area contributed by atoms with Crippen LogP contribution in [0.15, 0.2) is 47.1 Å². The van der Waals surface area contributed by atoms with Crippen LogP contribution in [0.3, 0.4) is 0 Å². The number of hydrogen-bond donors (Lipinski definition) is 1. The highest BCUT2D eigenvalue weighted by molar-refractivity contribution is 9.10. The van der Waals surface area contributed by atoms with Crippen LogP contribution in [0.1, 0.15) is 6.42 Å². The molecule has 0 spiro atoms. The first-order valence-electron chi connectivity index (χ1n) is 6.35. The third-order valence-electron chi connectivity index (χ3n) is 2.62. The van der Waals surface area contributed by atoms with Crippen LogP contribution in [0.5, 0.6) is 11.6 Å². The Bertz CT molecular complexity index is 602. The third-order valence-corrected chi connectivity index (χ3v) is 3.12. The Morgan fingerprint density at radius 2 is 2.19 bits per heavy atom. The molecule has 110 valence electrons. The van der Waals surface area contributed by atoms with Crippen LogP contribution in [0, 0.1) is 0 Å². The molecule has 1 aromatic heterocycles. The minimum atomic E-state index is -0.128. The molecule has 0 unspecified atom stereocenters. The maximum atomic E-state index is 11.8. The fourth-order valence-electron chi connectivity index (χ4n) is 1.62. The second-order valence-corrected chi connectivity index (χ2v) is 5.11. The second kappa shape index (κ2) is 7.64. The number of pyridine rings is 1. The van der Waals surface area contributed by atoms with Gasteiger partial charge in [0.2, 0.25) is 11.8 Å². The molecule has 5 nitrogen and oxygen atoms in total. The minimum absolute atomic E-state index is 0.128. The Hall–Kier alpha value is -2.08. The van der Waals surface area contributed by atoms with Crippen LogP contribution in [0.2, 0.25) is 0 Å². The van der Waals surface area contributed by atoms with Gasteiger partial charge in [-0.05, 0) is 24.3 Å². The molecule has 2 rings (SSSR count). The maximum absolute atomic E-state index is 11.8. The summed E-state index contributed by atoms with van der Waals surface area (Å²) in [5, 5.41) is 2.74. The van der Waals surface area contributed by atoms with E-state index in [1.807, 2.05) is 24.3 Å². The first kappa shape index (κ1) is 15.3. The fraction of sp³-hybridized carbons (Fsp3) is 0.200. The number of rotatable bonds is 6. The van der Waals surface area contributed by atoms with Crippen molar-refractivity contribution in [3.8, 4) is 11.6 Å². The Kier molecular flexibility index (Phi) is 5.57. The number of aromatic nitrogens is 1. The summed E-state index contributed by atoms with van der Waals surface area (Å²) in [5.41, 5.74) is 0.628. The topological polar surface area (TPSA) is 60.5 Å². The van der Waals surface area contributed by atoms with Gasteiger partial charge in [-0.15, -0.1) is 0 Å². The Balaban J connectivity index is 1.76. The second-order valence-electron chi connectivity index (χ2n) is 4.19. The average molecular weight is 351 g/mol. The number of ether oxygens (including phenoxy) is 2. The molecule has 0 atom stereocenters. The van der Waals surface area contributed by atoms with Gasteiger partial charge in [-0.25, -0.2) is 4.98 Å². The number of amides is 1. The van der Waals surface area contributed by atoms with Crippen molar-refractivity contribution in [1.29, 1.82) is 0 Å². The van der Waals surface area contributed by atoms with Crippen LogP contribution >= 0.6 is 15.9 Å². The van der Waals surface area contributed by atoms with Crippen LogP contribution in [0.4, 0.5) is 5.69 Å². The lowest BCUT2D eigenvalue weighted by atomic mass is 10.3. The SMILES string of the molecule is COc1ccc(NC(=O)CCOc2cccc(Br)c2)cn1. The molecule has 0 aliphatic carbocycles. The largest absolute Gasteiger partial charge is 0.493 e. The molecular formula is C15H15BrN2O3. The number of carbonyl (C=O) groups is 1. The van der Waals surface area contributed by atoms with Crippen molar-refractivity contribution in [2.45, 2.75) is 6.42 Å². The molecule has 0 aliphatic heterocycles. The normalized spacial score (nSPS) is 10.0. The molecule has 0 aliphatic rings. The van der Waals surface area contributed by atoms with Crippen molar-refractivity contribution in [2.24, 2.45) is 0 Å². The number of anilines is 1. The lowest BCUT2D eigenvalue weighted by Crippen LogP contribution is -2.15. The van der Waals surface area contributed by atoms with E-state index in [4.69, 9.17) is 9.47 Å². The van der Waals surface area contributed by atoms with Crippen molar-refractivity contribution >= 4 is 27.5 Å². The number of nitrogens with zero attached hydrogens (tertiary/aromatic N) is 1. The molecule has 1 heterocycles. The number of hydrogen-bond acceptors (Lipinski definition) is 4. The maximum Gasteiger partial charge on any atom is 0.227 e. The van der Waals surface area contributed by atoms with E-state index >= 15 is 0 Å². The molecule has 21 heavy (non-hydrogen) atoms. The van der Waals surface area contributed by atoms with E-state index in [2.05, 4.69) is 26.2 Å². The van der Waals surface area contributed by atoms with Crippen LogP contribution < -0.4 is 14.8 Å². The molecule has 2 aromatic rings. The standard InChI is InChI=1S/C15H15BrN2O3/c1-20-15-6-5-12(10-17-15)18-14(19)7-8-21-13-4-2-3-11(16)9-13/h2-6,9-10H,7-8H2,1H3,(H,18,19). The Labute approximate surface area is 131 Å². The van der Waals surface area contributed by atoms with Crippen molar-refractivity contribution < 1.29 is 14.3 Å². The van der Waals surface area contributed by atoms with E-state index in [1.165, 1.54) is 0 Å². The highest BCUT2D eigenvalue weighted by Gasteiger charge is 2.04. The van der Waals surface area contributed by atoms with Gasteiger partial charge in [0.1, 0.15) is 5.75 Å². The highest BCUT2D eigenvalue weighted by atomic mass is 79.9. The van der Waals surface area contributed by atoms with Gasteiger partial charge in [-0.1, -0.05) is 22.0 Å². The molecule has 6 heteroatoms. The molecule has 0 saturated carbocycles. The molecule has 1 aromatic carbocycles. The summed E-state index contributed by atoms with van der Waals surface area (Å²) in [7, 11) is 1.54. The van der Waals surface area contributed by atoms with Gasteiger partial charge in [0.05, 0.1) is 32.0 Å². The predicted octanol–water partition coefficient (Wildman–Crippen LogP) is 3.26. The van der Waals surface area contributed by atoms with Gasteiger partial charge in [-0.2, -0.15) is 0 Å². The summed E-state index contributed by atoms with van der Waals surface area (Å²) in [5.74, 6) is 1.10. The first-order chi connectivity index (χ1) is 10.2. The molecule has 1 N–H and O–H groups in total. The predicted molar refractivity (Wildman–Crippen MR) is 83.7 cm³/mol. The van der Waals surface area contributed by atoms with Crippen LogP contribution in [-0.4, -0.2) is 24.6 Å². The Morgan fingerprint density at radius 1 is 1.33 bits per heavy atom.